The van der Waals surface area contributed by atoms with E-state index in [1.807, 2.05) is 36.4 Å². The molecule has 0 aliphatic rings. The highest BCUT2D eigenvalue weighted by molar-refractivity contribution is 7.27. The molecule has 0 unspecified atom stereocenters. The lowest BCUT2D eigenvalue weighted by Gasteiger charge is -2.06. The minimum Gasteiger partial charge on any atom is -0.203 e. The van der Waals surface area contributed by atoms with Gasteiger partial charge in [0.2, 0.25) is 11.6 Å². The zero-order valence-electron chi connectivity index (χ0n) is 23.2. The zero-order valence-corrected chi connectivity index (χ0v) is 26.5. The van der Waals surface area contributed by atoms with Crippen molar-refractivity contribution in [2.24, 2.45) is 0 Å². The number of rotatable bonds is 4. The van der Waals surface area contributed by atoms with E-state index in [0.29, 0.717) is 9.75 Å². The van der Waals surface area contributed by atoms with Gasteiger partial charge in [-0.1, -0.05) is 0 Å². The molecule has 0 radical (unpaired) electrons. The van der Waals surface area contributed by atoms with Gasteiger partial charge in [0, 0.05) is 38.7 Å². The molecular weight excluding hydrogens is 727 g/mol. The number of fused-ring (bicyclic) bond motifs is 3. The molecule has 0 N–H and O–H groups in total. The summed E-state index contributed by atoms with van der Waals surface area (Å²) >= 11 is 4.57. The maximum atomic E-state index is 14.4. The van der Waals surface area contributed by atoms with E-state index >= 15 is 0 Å². The Bertz CT molecular complexity index is 2340. The zero-order chi connectivity index (χ0) is 33.8. The molecule has 4 heterocycles. The van der Waals surface area contributed by atoms with Gasteiger partial charge in [0.1, 0.15) is 0 Å². The van der Waals surface area contributed by atoms with Gasteiger partial charge < -0.3 is 0 Å². The normalized spacial score (nSPS) is 12.0. The fourth-order valence-electron chi connectivity index (χ4n) is 5.42. The number of thiophene rings is 4. The SMILES string of the molecule is Fc1c(F)c(F)c(-c2ccc(-c3cc4cc5cc6sc(-c7ccc(-c8c(F)c(F)c(F)c(F)c8F)s7)cc6cc5cc4s3)s2)c(F)c1F. The topological polar surface area (TPSA) is 0 Å². The molecule has 0 amide bonds. The number of halogens is 10. The molecule has 8 aromatic rings. The quantitative estimate of drug-likeness (QED) is 0.0959. The largest absolute Gasteiger partial charge is 0.203 e. The summed E-state index contributed by atoms with van der Waals surface area (Å²) in [5, 5.41) is 3.48. The van der Waals surface area contributed by atoms with Crippen LogP contribution in [0.5, 0.6) is 0 Å². The maximum absolute atomic E-state index is 14.4. The molecule has 4 aromatic carbocycles. The second-order valence-electron chi connectivity index (χ2n) is 10.6. The highest BCUT2D eigenvalue weighted by Crippen LogP contribution is 2.46. The molecule has 48 heavy (non-hydrogen) atoms. The molecule has 4 aromatic heterocycles. The molecule has 0 atom stereocenters. The van der Waals surface area contributed by atoms with Crippen LogP contribution in [-0.4, -0.2) is 0 Å². The molecule has 0 spiro atoms. The van der Waals surface area contributed by atoms with Gasteiger partial charge in [-0.25, -0.2) is 43.9 Å². The van der Waals surface area contributed by atoms with Crippen molar-refractivity contribution in [2.45, 2.75) is 0 Å². The van der Waals surface area contributed by atoms with Crippen LogP contribution in [0.4, 0.5) is 43.9 Å². The number of hydrogen-bond acceptors (Lipinski definition) is 4. The van der Waals surface area contributed by atoms with Crippen LogP contribution in [0, 0.1) is 58.2 Å². The van der Waals surface area contributed by atoms with Crippen molar-refractivity contribution in [2.75, 3.05) is 0 Å². The lowest BCUT2D eigenvalue weighted by molar-refractivity contribution is 0.381. The fourth-order valence-corrected chi connectivity index (χ4v) is 9.84. The lowest BCUT2D eigenvalue weighted by Crippen LogP contribution is -2.03. The van der Waals surface area contributed by atoms with E-state index in [4.69, 9.17) is 0 Å². The summed E-state index contributed by atoms with van der Waals surface area (Å²) in [6.07, 6.45) is 0. The van der Waals surface area contributed by atoms with Crippen LogP contribution in [0.25, 0.3) is 71.3 Å². The molecular formula is C34H10F10S4. The average molecular weight is 737 g/mol. The Labute approximate surface area is 278 Å². The van der Waals surface area contributed by atoms with Gasteiger partial charge in [0.15, 0.2) is 46.5 Å². The van der Waals surface area contributed by atoms with Crippen molar-refractivity contribution in [1.29, 1.82) is 0 Å². The lowest BCUT2D eigenvalue weighted by atomic mass is 10.1. The summed E-state index contributed by atoms with van der Waals surface area (Å²) < 4.78 is 142. The molecule has 0 bridgehead atoms. The van der Waals surface area contributed by atoms with Crippen LogP contribution < -0.4 is 0 Å². The summed E-state index contributed by atoms with van der Waals surface area (Å²) in [5.41, 5.74) is -1.96. The Morgan fingerprint density at radius 1 is 0.271 bits per heavy atom. The van der Waals surface area contributed by atoms with Gasteiger partial charge in [0.25, 0.3) is 0 Å². The Kier molecular flexibility index (Phi) is 7.22. The Morgan fingerprint density at radius 2 is 0.583 bits per heavy atom. The molecule has 0 aliphatic heterocycles. The molecule has 0 aliphatic carbocycles. The van der Waals surface area contributed by atoms with Gasteiger partial charge in [-0.2, -0.15) is 0 Å². The summed E-state index contributed by atoms with van der Waals surface area (Å²) in [4.78, 5) is 2.39. The summed E-state index contributed by atoms with van der Waals surface area (Å²) in [7, 11) is 0. The molecule has 0 fully saturated rings. The van der Waals surface area contributed by atoms with Crippen molar-refractivity contribution >= 4 is 76.3 Å². The van der Waals surface area contributed by atoms with E-state index in [2.05, 4.69) is 0 Å². The van der Waals surface area contributed by atoms with Gasteiger partial charge in [-0.15, -0.1) is 45.3 Å². The highest BCUT2D eigenvalue weighted by atomic mass is 32.1. The van der Waals surface area contributed by atoms with Crippen LogP contribution >= 0.6 is 45.3 Å². The molecule has 240 valence electrons. The Hall–Kier alpha value is -4.24. The monoisotopic (exact) mass is 736 g/mol. The first-order chi connectivity index (χ1) is 22.9. The first kappa shape index (κ1) is 31.1. The minimum atomic E-state index is -2.22. The van der Waals surface area contributed by atoms with Crippen molar-refractivity contribution in [3.8, 4) is 40.4 Å². The van der Waals surface area contributed by atoms with Crippen molar-refractivity contribution in [1.82, 2.24) is 0 Å². The van der Waals surface area contributed by atoms with Gasteiger partial charge in [-0.05, 0) is 82.2 Å². The average Bonchev–Trinajstić information content (AvgIpc) is 3.89. The maximum Gasteiger partial charge on any atom is 0.200 e. The summed E-state index contributed by atoms with van der Waals surface area (Å²) in [6.45, 7) is 0. The third kappa shape index (κ3) is 4.68. The molecule has 0 saturated carbocycles. The predicted molar refractivity (Wildman–Crippen MR) is 172 cm³/mol. The van der Waals surface area contributed by atoms with Crippen LogP contribution in [-0.2, 0) is 0 Å². The molecule has 0 nitrogen and oxygen atoms in total. The van der Waals surface area contributed by atoms with Gasteiger partial charge in [0.05, 0.1) is 11.1 Å². The minimum absolute atomic E-state index is 0.110. The standard InChI is InChI=1S/C34H10F10S4/c35-25-23(26(36)30(40)33(43)29(25)39)17-3-1-15(45-17)21-9-13-5-11-8-20-14(6-12(11)7-19(13)47-21)10-22(48-20)16-2-4-18(46-16)24-27(37)31(41)34(44)32(42)28(24)38/h1-10H. The summed E-state index contributed by atoms with van der Waals surface area (Å²) in [5.74, 6) is -20.1. The first-order valence-corrected chi connectivity index (χ1v) is 16.8. The van der Waals surface area contributed by atoms with Crippen LogP contribution in [0.15, 0.2) is 60.7 Å². The van der Waals surface area contributed by atoms with Crippen molar-refractivity contribution in [3.63, 3.8) is 0 Å². The highest BCUT2D eigenvalue weighted by Gasteiger charge is 2.29. The van der Waals surface area contributed by atoms with Crippen molar-refractivity contribution in [3.05, 3.63) is 119 Å². The van der Waals surface area contributed by atoms with E-state index in [1.165, 1.54) is 34.8 Å². The Morgan fingerprint density at radius 3 is 0.938 bits per heavy atom. The second-order valence-corrected chi connectivity index (χ2v) is 14.9. The number of benzene rings is 4. The van der Waals surface area contributed by atoms with Gasteiger partial charge in [-0.3, -0.25) is 0 Å². The third-order valence-corrected chi connectivity index (χ3v) is 12.5. The Balaban J connectivity index is 1.14. The predicted octanol–water partition coefficient (Wildman–Crippen LogP) is 13.5. The fraction of sp³-hybridized carbons (Fsp3) is 0. The van der Waals surface area contributed by atoms with Crippen LogP contribution in [0.3, 0.4) is 0 Å². The van der Waals surface area contributed by atoms with Crippen LogP contribution in [0.1, 0.15) is 0 Å². The third-order valence-electron chi connectivity index (χ3n) is 7.72. The molecule has 8 rings (SSSR count). The van der Waals surface area contributed by atoms with E-state index in [9.17, 15) is 43.9 Å². The van der Waals surface area contributed by atoms with Gasteiger partial charge >= 0.3 is 0 Å². The van der Waals surface area contributed by atoms with E-state index in [1.54, 1.807) is 12.1 Å². The first-order valence-electron chi connectivity index (χ1n) is 13.6. The van der Waals surface area contributed by atoms with E-state index in [-0.39, 0.29) is 9.75 Å². The van der Waals surface area contributed by atoms with Crippen molar-refractivity contribution < 1.29 is 43.9 Å². The smallest absolute Gasteiger partial charge is 0.200 e. The second kappa shape index (κ2) is 11.2. The van der Waals surface area contributed by atoms with Crippen LogP contribution in [0.2, 0.25) is 0 Å². The molecule has 14 heteroatoms. The number of hydrogen-bond donors (Lipinski definition) is 0. The van der Waals surface area contributed by atoms with E-state index < -0.39 is 69.3 Å². The van der Waals surface area contributed by atoms with E-state index in [0.717, 1.165) is 63.4 Å². The molecule has 0 saturated heterocycles. The summed E-state index contributed by atoms with van der Waals surface area (Å²) in [6, 6.07) is 17.3.